The molecule has 0 radical (unpaired) electrons. The Balaban J connectivity index is 1.36. The first-order chi connectivity index (χ1) is 20.1. The van der Waals surface area contributed by atoms with Crippen LogP contribution in [-0.2, 0) is 11.3 Å². The molecule has 0 fully saturated rings. The summed E-state index contributed by atoms with van der Waals surface area (Å²) in [5.41, 5.74) is 10.7. The number of allylic oxidation sites excluding steroid dienone is 6. The minimum absolute atomic E-state index is 0.0674. The van der Waals surface area contributed by atoms with Gasteiger partial charge in [0.2, 0.25) is 0 Å². The van der Waals surface area contributed by atoms with Gasteiger partial charge in [-0.1, -0.05) is 93.3 Å². The van der Waals surface area contributed by atoms with E-state index in [9.17, 15) is 4.79 Å². The molecular weight excluding hydrogens is 508 g/mol. The monoisotopic (exact) mass is 546 g/mol. The number of ether oxygens (including phenoxy) is 1. The van der Waals surface area contributed by atoms with E-state index in [0.717, 1.165) is 54.8 Å². The number of methoxy groups -OCH3 is 1. The summed E-state index contributed by atoms with van der Waals surface area (Å²) in [6, 6.07) is 16.3. The van der Waals surface area contributed by atoms with Crippen molar-refractivity contribution in [1.29, 1.82) is 0 Å². The van der Waals surface area contributed by atoms with Gasteiger partial charge < -0.3 is 14.3 Å². The van der Waals surface area contributed by atoms with Crippen LogP contribution in [-0.4, -0.2) is 40.2 Å². The van der Waals surface area contributed by atoms with Crippen LogP contribution >= 0.6 is 0 Å². The number of unbranched alkanes of at least 4 members (excludes halogenated alkanes) is 1. The zero-order chi connectivity index (χ0) is 28.8. The number of aryl methyl sites for hydroxylation is 1. The molecule has 6 heteroatoms. The highest BCUT2D eigenvalue weighted by atomic mass is 16.5. The van der Waals surface area contributed by atoms with Crippen LogP contribution in [0.1, 0.15) is 53.8 Å². The lowest BCUT2D eigenvalue weighted by Gasteiger charge is -2.24. The van der Waals surface area contributed by atoms with Crippen LogP contribution in [0.5, 0.6) is 0 Å². The average Bonchev–Trinajstić information content (AvgIpc) is 3.59. The van der Waals surface area contributed by atoms with Crippen LogP contribution < -0.4 is 5.43 Å². The molecule has 6 nitrogen and oxygen atoms in total. The summed E-state index contributed by atoms with van der Waals surface area (Å²) in [5, 5.41) is 2.19. The van der Waals surface area contributed by atoms with Crippen molar-refractivity contribution in [1.82, 2.24) is 20.0 Å². The number of hydrogen-bond donors (Lipinski definition) is 1. The van der Waals surface area contributed by atoms with Gasteiger partial charge >= 0.3 is 5.97 Å². The van der Waals surface area contributed by atoms with Crippen LogP contribution in [0, 0.1) is 0 Å². The molecule has 0 saturated carbocycles. The molecule has 1 aliphatic carbocycles. The number of rotatable bonds is 12. The molecule has 2 heterocycles. The molecule has 3 aromatic rings. The number of carbonyl (C=O) groups excluding carboxylic acids is 1. The van der Waals surface area contributed by atoms with Crippen LogP contribution in [0.4, 0.5) is 0 Å². The predicted octanol–water partition coefficient (Wildman–Crippen LogP) is 7.12. The van der Waals surface area contributed by atoms with E-state index in [-0.39, 0.29) is 17.9 Å². The molecule has 2 atom stereocenters. The number of benzene rings is 2. The summed E-state index contributed by atoms with van der Waals surface area (Å²) in [5.74, 6) is 0.790. The molecule has 5 rings (SSSR count). The van der Waals surface area contributed by atoms with Crippen LogP contribution in [0.2, 0.25) is 0 Å². The largest absolute Gasteiger partial charge is 0.465 e. The predicted molar refractivity (Wildman–Crippen MR) is 167 cm³/mol. The first-order valence-corrected chi connectivity index (χ1v) is 14.3. The second-order valence-corrected chi connectivity index (χ2v) is 10.4. The average molecular weight is 547 g/mol. The Bertz CT molecular complexity index is 1560. The van der Waals surface area contributed by atoms with E-state index < -0.39 is 0 Å². The van der Waals surface area contributed by atoms with Gasteiger partial charge in [-0.05, 0) is 47.8 Å². The van der Waals surface area contributed by atoms with Crippen molar-refractivity contribution < 1.29 is 9.53 Å². The Morgan fingerprint density at radius 2 is 1.98 bits per heavy atom. The van der Waals surface area contributed by atoms with Gasteiger partial charge in [-0.15, -0.1) is 0 Å². The van der Waals surface area contributed by atoms with Gasteiger partial charge in [0, 0.05) is 30.8 Å². The molecule has 0 amide bonds. The van der Waals surface area contributed by atoms with E-state index in [1.165, 1.54) is 23.8 Å². The molecule has 0 bridgehead atoms. The first-order valence-electron chi connectivity index (χ1n) is 14.3. The van der Waals surface area contributed by atoms with E-state index in [1.807, 2.05) is 36.4 Å². The van der Waals surface area contributed by atoms with Crippen molar-refractivity contribution in [3.63, 3.8) is 0 Å². The Kier molecular flexibility index (Phi) is 8.80. The van der Waals surface area contributed by atoms with E-state index >= 15 is 0 Å². The number of nitrogens with one attached hydrogen (secondary N) is 1. The van der Waals surface area contributed by atoms with Gasteiger partial charge in [0.05, 0.1) is 29.7 Å². The Morgan fingerprint density at radius 3 is 2.71 bits per heavy atom. The number of nitrogens with zero attached hydrogens (tertiary/aromatic N) is 3. The van der Waals surface area contributed by atoms with E-state index in [2.05, 4.69) is 89.9 Å². The summed E-state index contributed by atoms with van der Waals surface area (Å²) in [6.07, 6.45) is 17.6. The third-order valence-electron chi connectivity index (χ3n) is 7.74. The van der Waals surface area contributed by atoms with Crippen molar-refractivity contribution in [3.05, 3.63) is 132 Å². The highest BCUT2D eigenvalue weighted by Crippen LogP contribution is 2.32. The number of esters is 1. The van der Waals surface area contributed by atoms with E-state index in [1.54, 1.807) is 0 Å². The van der Waals surface area contributed by atoms with Gasteiger partial charge in [0.25, 0.3) is 0 Å². The van der Waals surface area contributed by atoms with Crippen molar-refractivity contribution in [3.8, 4) is 0 Å². The molecule has 1 aromatic heterocycles. The van der Waals surface area contributed by atoms with E-state index in [0.29, 0.717) is 5.56 Å². The van der Waals surface area contributed by atoms with E-state index in [4.69, 9.17) is 9.72 Å². The van der Waals surface area contributed by atoms with Crippen molar-refractivity contribution >= 4 is 22.6 Å². The molecule has 0 spiro atoms. The van der Waals surface area contributed by atoms with Gasteiger partial charge in [0.1, 0.15) is 5.82 Å². The maximum Gasteiger partial charge on any atom is 0.337 e. The number of aromatic nitrogens is 2. The summed E-state index contributed by atoms with van der Waals surface area (Å²) < 4.78 is 7.19. The third-order valence-corrected chi connectivity index (χ3v) is 7.74. The van der Waals surface area contributed by atoms with Crippen molar-refractivity contribution in [2.24, 2.45) is 0 Å². The number of carbonyl (C=O) groups is 1. The standard InChI is InChI=1S/C35H38N4O2/c1-5-8-20-39-33-18-17-28(35(40)41-4)23-32(33)36-34(39)27-15-16-29-24-38(37-31(29)22-27)21-19-30(25(7-3)12-6-2)26-13-10-9-11-14-26/h6-7,9-18,22-24,30-31,37H,2-3,5,8,19-21H2,1,4H3/b25-12+. The number of fused-ring (bicyclic) bond motifs is 2. The smallest absolute Gasteiger partial charge is 0.337 e. The molecule has 1 aliphatic heterocycles. The molecule has 210 valence electrons. The topological polar surface area (TPSA) is 59.4 Å². The Hall–Kier alpha value is -4.42. The lowest BCUT2D eigenvalue weighted by molar-refractivity contribution is 0.0601. The normalized spacial score (nSPS) is 17.2. The second kappa shape index (κ2) is 12.8. The molecule has 2 aliphatic rings. The maximum absolute atomic E-state index is 12.1. The lowest BCUT2D eigenvalue weighted by atomic mass is 9.88. The van der Waals surface area contributed by atoms with Crippen LogP contribution in [0.25, 0.3) is 16.6 Å². The highest BCUT2D eigenvalue weighted by molar-refractivity contribution is 5.94. The summed E-state index contributed by atoms with van der Waals surface area (Å²) in [4.78, 5) is 17.1. The van der Waals surface area contributed by atoms with Gasteiger partial charge in [-0.25, -0.2) is 15.2 Å². The zero-order valence-electron chi connectivity index (χ0n) is 23.9. The first kappa shape index (κ1) is 28.1. The quantitative estimate of drug-likeness (QED) is 0.194. The fraction of sp³-hybridized carbons (Fsp3) is 0.257. The van der Waals surface area contributed by atoms with Crippen LogP contribution in [0.15, 0.2) is 115 Å². The molecule has 2 unspecified atom stereocenters. The summed E-state index contributed by atoms with van der Waals surface area (Å²) >= 11 is 0. The molecule has 0 saturated heterocycles. The maximum atomic E-state index is 12.1. The lowest BCUT2D eigenvalue weighted by Crippen LogP contribution is -2.36. The number of hydrazine groups is 1. The Morgan fingerprint density at radius 1 is 1.15 bits per heavy atom. The summed E-state index contributed by atoms with van der Waals surface area (Å²) in [7, 11) is 1.40. The van der Waals surface area contributed by atoms with Gasteiger partial charge in [-0.3, -0.25) is 0 Å². The minimum atomic E-state index is -0.354. The molecular formula is C35H38N4O2. The zero-order valence-corrected chi connectivity index (χ0v) is 23.9. The molecule has 2 aromatic carbocycles. The van der Waals surface area contributed by atoms with Gasteiger partial charge in [-0.2, -0.15) is 0 Å². The molecule has 1 N–H and O–H groups in total. The Labute approximate surface area is 242 Å². The van der Waals surface area contributed by atoms with Crippen molar-refractivity contribution in [2.75, 3.05) is 13.7 Å². The second-order valence-electron chi connectivity index (χ2n) is 10.4. The molecule has 41 heavy (non-hydrogen) atoms. The third kappa shape index (κ3) is 6.03. The summed E-state index contributed by atoms with van der Waals surface area (Å²) in [6.45, 7) is 11.8. The number of imidazole rings is 1. The number of hydrogen-bond acceptors (Lipinski definition) is 5. The van der Waals surface area contributed by atoms with Gasteiger partial charge in [0.15, 0.2) is 0 Å². The fourth-order valence-corrected chi connectivity index (χ4v) is 5.61. The SMILES string of the molecule is C=C/C=C(\C=C)C(CCN1C=C2C=CC(c3nc4cc(C(=O)OC)ccc4n3CCCC)=CC2N1)c1ccccc1. The van der Waals surface area contributed by atoms with Crippen LogP contribution in [0.3, 0.4) is 0 Å². The van der Waals surface area contributed by atoms with Crippen molar-refractivity contribution in [2.45, 2.75) is 44.7 Å². The minimum Gasteiger partial charge on any atom is -0.465 e. The fourth-order valence-electron chi connectivity index (χ4n) is 5.61. The highest BCUT2D eigenvalue weighted by Gasteiger charge is 2.26.